The summed E-state index contributed by atoms with van der Waals surface area (Å²) in [4.78, 5) is 4.08. The molecule has 0 aliphatic rings. The predicted molar refractivity (Wildman–Crippen MR) is 109 cm³/mol. The van der Waals surface area contributed by atoms with Gasteiger partial charge in [-0.2, -0.15) is 0 Å². The van der Waals surface area contributed by atoms with Crippen LogP contribution in [0.25, 0.3) is 0 Å². The molecule has 0 amide bonds. The van der Waals surface area contributed by atoms with Gasteiger partial charge in [-0.3, -0.25) is 4.57 Å². The fourth-order valence-corrected chi connectivity index (χ4v) is 3.12. The summed E-state index contributed by atoms with van der Waals surface area (Å²) in [6.45, 7) is 0.947. The molecule has 4 nitrogen and oxygen atoms in total. The Morgan fingerprint density at radius 3 is 2.22 bits per heavy atom. The third-order valence-electron chi connectivity index (χ3n) is 3.92. The van der Waals surface area contributed by atoms with Crippen LogP contribution in [-0.4, -0.2) is 22.8 Å². The van der Waals surface area contributed by atoms with E-state index < -0.39 is 5.18 Å². The minimum atomic E-state index is -1.06. The molecule has 0 radical (unpaired) electrons. The lowest BCUT2D eigenvalue weighted by molar-refractivity contribution is -0.0412. The van der Waals surface area contributed by atoms with E-state index in [4.69, 9.17) is 44.3 Å². The average molecular weight is 426 g/mol. The van der Waals surface area contributed by atoms with Crippen molar-refractivity contribution in [3.8, 4) is 5.75 Å². The van der Waals surface area contributed by atoms with Crippen molar-refractivity contribution in [2.45, 2.75) is 18.0 Å². The van der Waals surface area contributed by atoms with Crippen molar-refractivity contribution in [1.82, 2.24) is 9.55 Å². The summed E-state index contributed by atoms with van der Waals surface area (Å²) in [5.41, 5.74) is 1.01. The maximum Gasteiger partial charge on any atom is 0.227 e. The highest BCUT2D eigenvalue weighted by Gasteiger charge is 2.30. The molecule has 2 aromatic carbocycles. The molecule has 1 atom stereocenters. The highest BCUT2D eigenvalue weighted by molar-refractivity contribution is 6.30. The van der Waals surface area contributed by atoms with E-state index >= 15 is 0 Å². The second-order valence-electron chi connectivity index (χ2n) is 5.97. The molecule has 0 spiro atoms. The number of benzene rings is 2. The highest BCUT2D eigenvalue weighted by Crippen LogP contribution is 2.29. The normalized spacial score (nSPS) is 13.3. The number of rotatable bonds is 9. The molecule has 1 aromatic heterocycles. The summed E-state index contributed by atoms with van der Waals surface area (Å²) in [6, 6.07) is 14.8. The lowest BCUT2D eigenvalue weighted by Gasteiger charge is -2.29. The lowest BCUT2D eigenvalue weighted by Crippen LogP contribution is -2.33. The number of aromatic nitrogens is 2. The van der Waals surface area contributed by atoms with Crippen LogP contribution in [0.4, 0.5) is 0 Å². The molecule has 0 aliphatic carbocycles. The van der Waals surface area contributed by atoms with Crippen molar-refractivity contribution in [2.24, 2.45) is 0 Å². The van der Waals surface area contributed by atoms with Crippen LogP contribution in [0.3, 0.4) is 0 Å². The van der Waals surface area contributed by atoms with Gasteiger partial charge >= 0.3 is 0 Å². The predicted octanol–water partition coefficient (Wildman–Crippen LogP) is 5.77. The van der Waals surface area contributed by atoms with E-state index in [9.17, 15) is 0 Å². The molecule has 0 saturated heterocycles. The summed E-state index contributed by atoms with van der Waals surface area (Å²) in [7, 11) is 0. The fourth-order valence-electron chi connectivity index (χ4n) is 2.54. The quantitative estimate of drug-likeness (QED) is 0.323. The number of hydrogen-bond acceptors (Lipinski definition) is 3. The first-order valence-electron chi connectivity index (χ1n) is 8.49. The summed E-state index contributed by atoms with van der Waals surface area (Å²) in [5.74, 6) is 0.771. The number of nitrogens with zero attached hydrogens (tertiary/aromatic N) is 2. The third-order valence-corrected chi connectivity index (χ3v) is 4.86. The zero-order valence-corrected chi connectivity index (χ0v) is 16.8. The van der Waals surface area contributed by atoms with Gasteiger partial charge in [0.2, 0.25) is 5.18 Å². The number of imidazole rings is 1. The largest absolute Gasteiger partial charge is 0.494 e. The lowest BCUT2D eigenvalue weighted by atomic mass is 10.1. The molecule has 0 aliphatic heterocycles. The molecule has 0 N–H and O–H groups in total. The minimum Gasteiger partial charge on any atom is -0.494 e. The van der Waals surface area contributed by atoms with E-state index in [1.165, 1.54) is 0 Å². The van der Waals surface area contributed by atoms with Crippen LogP contribution in [0.1, 0.15) is 12.0 Å². The summed E-state index contributed by atoms with van der Waals surface area (Å²) >= 11 is 18.6. The monoisotopic (exact) mass is 424 g/mol. The summed E-state index contributed by atoms with van der Waals surface area (Å²) in [5, 5.41) is 0.298. The highest BCUT2D eigenvalue weighted by atomic mass is 35.5. The van der Waals surface area contributed by atoms with Gasteiger partial charge in [0.25, 0.3) is 0 Å². The molecule has 0 saturated carbocycles. The molecule has 3 aromatic rings. The molecule has 3 rings (SSSR count). The zero-order valence-electron chi connectivity index (χ0n) is 14.5. The van der Waals surface area contributed by atoms with Gasteiger partial charge in [-0.15, -0.1) is 0 Å². The van der Waals surface area contributed by atoms with Crippen molar-refractivity contribution in [3.63, 3.8) is 0 Å². The van der Waals surface area contributed by atoms with Crippen LogP contribution in [0.5, 0.6) is 5.75 Å². The van der Waals surface area contributed by atoms with Crippen molar-refractivity contribution in [2.75, 3.05) is 13.2 Å². The molecule has 7 heteroatoms. The van der Waals surface area contributed by atoms with Gasteiger partial charge in [0, 0.05) is 35.3 Å². The van der Waals surface area contributed by atoms with Gasteiger partial charge < -0.3 is 9.47 Å². The SMILES string of the molecule is Clc1ccc(CC(Cl)(OCCCOc2ccc(Cl)cc2)n2ccnc2)cc1. The first-order chi connectivity index (χ1) is 13.0. The van der Waals surface area contributed by atoms with E-state index in [0.29, 0.717) is 36.1 Å². The smallest absolute Gasteiger partial charge is 0.227 e. The van der Waals surface area contributed by atoms with Gasteiger partial charge in [-0.25, -0.2) is 4.98 Å². The topological polar surface area (TPSA) is 36.3 Å². The third kappa shape index (κ3) is 5.88. The first-order valence-corrected chi connectivity index (χ1v) is 9.63. The van der Waals surface area contributed by atoms with Crippen LogP contribution < -0.4 is 4.74 Å². The molecule has 1 heterocycles. The van der Waals surface area contributed by atoms with Gasteiger partial charge in [-0.05, 0) is 42.0 Å². The van der Waals surface area contributed by atoms with Gasteiger partial charge in [0.1, 0.15) is 5.75 Å². The molecular formula is C20H19Cl3N2O2. The molecular weight excluding hydrogens is 407 g/mol. The van der Waals surface area contributed by atoms with Crippen LogP contribution in [-0.2, 0) is 16.3 Å². The molecule has 142 valence electrons. The first kappa shape index (κ1) is 20.0. The standard InChI is InChI=1S/C20H19Cl3N2O2/c21-17-4-2-16(3-5-17)14-20(23,25-11-10-24-15-25)27-13-1-12-26-19-8-6-18(22)7-9-19/h2-11,15H,1,12-14H2. The van der Waals surface area contributed by atoms with Gasteiger partial charge in [0.15, 0.2) is 0 Å². The maximum absolute atomic E-state index is 6.81. The Kier molecular flexibility index (Phi) is 7.02. The van der Waals surface area contributed by atoms with Crippen LogP contribution in [0.2, 0.25) is 10.0 Å². The van der Waals surface area contributed by atoms with Crippen molar-refractivity contribution in [1.29, 1.82) is 0 Å². The minimum absolute atomic E-state index is 0.433. The van der Waals surface area contributed by atoms with Gasteiger partial charge in [-0.1, -0.05) is 46.9 Å². The average Bonchev–Trinajstić information content (AvgIpc) is 3.21. The van der Waals surface area contributed by atoms with Crippen LogP contribution in [0, 0.1) is 0 Å². The Labute approximate surface area is 173 Å². The van der Waals surface area contributed by atoms with Crippen LogP contribution >= 0.6 is 34.8 Å². The maximum atomic E-state index is 6.81. The van der Waals surface area contributed by atoms with Crippen molar-refractivity contribution < 1.29 is 9.47 Å². The number of ether oxygens (including phenoxy) is 2. The zero-order chi connectivity index (χ0) is 19.1. The Morgan fingerprint density at radius 2 is 1.59 bits per heavy atom. The fraction of sp³-hybridized carbons (Fsp3) is 0.250. The molecule has 0 fully saturated rings. The summed E-state index contributed by atoms with van der Waals surface area (Å²) in [6.07, 6.45) is 6.26. The van der Waals surface area contributed by atoms with E-state index in [2.05, 4.69) is 4.98 Å². The Hall–Kier alpha value is -1.72. The second-order valence-corrected chi connectivity index (χ2v) is 7.43. The Bertz CT molecular complexity index is 823. The van der Waals surface area contributed by atoms with E-state index in [1.807, 2.05) is 36.4 Å². The van der Waals surface area contributed by atoms with E-state index in [0.717, 1.165) is 11.3 Å². The van der Waals surface area contributed by atoms with Gasteiger partial charge in [0.05, 0.1) is 19.5 Å². The number of halogens is 3. The molecule has 27 heavy (non-hydrogen) atoms. The summed E-state index contributed by atoms with van der Waals surface area (Å²) < 4.78 is 13.5. The Balaban J connectivity index is 1.55. The van der Waals surface area contributed by atoms with Crippen LogP contribution in [0.15, 0.2) is 67.3 Å². The van der Waals surface area contributed by atoms with Crippen molar-refractivity contribution >= 4 is 34.8 Å². The van der Waals surface area contributed by atoms with E-state index in [1.54, 1.807) is 35.4 Å². The van der Waals surface area contributed by atoms with E-state index in [-0.39, 0.29) is 0 Å². The molecule has 0 bridgehead atoms. The second kappa shape index (κ2) is 9.47. The Morgan fingerprint density at radius 1 is 0.926 bits per heavy atom. The van der Waals surface area contributed by atoms with Crippen molar-refractivity contribution in [3.05, 3.63) is 82.9 Å². The number of alkyl halides is 1. The molecule has 1 unspecified atom stereocenters. The number of hydrogen-bond donors (Lipinski definition) is 0.